The minimum Gasteiger partial charge on any atom is -0.369 e. The summed E-state index contributed by atoms with van der Waals surface area (Å²) in [6, 6.07) is 3.99. The van der Waals surface area contributed by atoms with Crippen molar-refractivity contribution in [2.75, 3.05) is 51.2 Å². The Bertz CT molecular complexity index is 628. The average molecular weight is 513 g/mol. The van der Waals surface area contributed by atoms with E-state index in [1.54, 1.807) is 6.07 Å². The van der Waals surface area contributed by atoms with Crippen LogP contribution < -0.4 is 15.5 Å². The van der Waals surface area contributed by atoms with Gasteiger partial charge in [-0.2, -0.15) is 13.2 Å². The van der Waals surface area contributed by atoms with Gasteiger partial charge >= 0.3 is 6.18 Å². The maximum Gasteiger partial charge on any atom is 0.416 e. The largest absolute Gasteiger partial charge is 0.416 e. The predicted octanol–water partition coefficient (Wildman–Crippen LogP) is 3.54. The van der Waals surface area contributed by atoms with E-state index >= 15 is 0 Å². The lowest BCUT2D eigenvalue weighted by Gasteiger charge is -2.35. The highest BCUT2D eigenvalue weighted by atomic mass is 127. The Hall–Kier alpha value is -1.23. The molecule has 1 aromatic rings. The van der Waals surface area contributed by atoms with Crippen molar-refractivity contribution in [2.24, 2.45) is 4.99 Å². The van der Waals surface area contributed by atoms with Crippen molar-refractivity contribution in [1.29, 1.82) is 0 Å². The van der Waals surface area contributed by atoms with Crippen molar-refractivity contribution < 1.29 is 13.2 Å². The molecule has 28 heavy (non-hydrogen) atoms. The summed E-state index contributed by atoms with van der Waals surface area (Å²) in [5.41, 5.74) is 0.811. The van der Waals surface area contributed by atoms with Gasteiger partial charge < -0.3 is 20.4 Å². The Kier molecular flexibility index (Phi) is 10.4. The van der Waals surface area contributed by atoms with E-state index in [1.807, 2.05) is 6.92 Å². The van der Waals surface area contributed by atoms with Gasteiger partial charge in [0.2, 0.25) is 0 Å². The van der Waals surface area contributed by atoms with Crippen LogP contribution in [0.1, 0.15) is 31.4 Å². The maximum atomic E-state index is 13.2. The number of hydrogen-bond acceptors (Lipinski definition) is 3. The number of piperazine rings is 1. The highest BCUT2D eigenvalue weighted by Crippen LogP contribution is 2.33. The standard InChI is InChI=1S/C19H30F3N5.HI/c1-4-8-24-18(23-5-2)25-14-15-13-16(19(20,21)22)6-7-17(15)27-11-9-26(3)10-12-27;/h6-7,13H,4-5,8-12,14H2,1-3H3,(H2,23,24,25);1H. The van der Waals surface area contributed by atoms with Gasteiger partial charge in [-0.1, -0.05) is 6.92 Å². The molecule has 0 amide bonds. The molecule has 1 heterocycles. The van der Waals surface area contributed by atoms with Gasteiger partial charge in [0.05, 0.1) is 12.1 Å². The molecule has 1 aromatic carbocycles. The third-order valence-electron chi connectivity index (χ3n) is 4.54. The van der Waals surface area contributed by atoms with Crippen molar-refractivity contribution in [3.63, 3.8) is 0 Å². The van der Waals surface area contributed by atoms with Crippen LogP contribution in [0.4, 0.5) is 18.9 Å². The lowest BCUT2D eigenvalue weighted by atomic mass is 10.1. The Balaban J connectivity index is 0.00000392. The number of halogens is 4. The molecule has 160 valence electrons. The molecular formula is C19H31F3IN5. The summed E-state index contributed by atoms with van der Waals surface area (Å²) in [5.74, 6) is 0.626. The zero-order valence-corrected chi connectivity index (χ0v) is 19.1. The van der Waals surface area contributed by atoms with E-state index in [1.165, 1.54) is 12.1 Å². The minimum atomic E-state index is -4.36. The fourth-order valence-electron chi connectivity index (χ4n) is 2.99. The monoisotopic (exact) mass is 513 g/mol. The molecule has 0 spiro atoms. The van der Waals surface area contributed by atoms with Gasteiger partial charge in [0, 0.05) is 45.0 Å². The lowest BCUT2D eigenvalue weighted by molar-refractivity contribution is -0.137. The molecule has 1 saturated heterocycles. The van der Waals surface area contributed by atoms with Crippen molar-refractivity contribution in [3.05, 3.63) is 29.3 Å². The van der Waals surface area contributed by atoms with E-state index in [2.05, 4.69) is 39.4 Å². The molecule has 9 heteroatoms. The molecule has 0 aliphatic carbocycles. The predicted molar refractivity (Wildman–Crippen MR) is 120 cm³/mol. The maximum absolute atomic E-state index is 13.2. The number of nitrogens with zero attached hydrogens (tertiary/aromatic N) is 3. The van der Waals surface area contributed by atoms with E-state index < -0.39 is 11.7 Å². The summed E-state index contributed by atoms with van der Waals surface area (Å²) in [7, 11) is 2.05. The van der Waals surface area contributed by atoms with Crippen LogP contribution in [-0.4, -0.2) is 57.2 Å². The Morgan fingerprint density at radius 3 is 2.36 bits per heavy atom. The molecule has 0 unspecified atom stereocenters. The number of alkyl halides is 3. The zero-order chi connectivity index (χ0) is 19.9. The number of aliphatic imine (C=N–C) groups is 1. The molecule has 0 bridgehead atoms. The number of hydrogen-bond donors (Lipinski definition) is 2. The third kappa shape index (κ3) is 7.31. The SMILES string of the molecule is CCCNC(=NCc1cc(C(F)(F)F)ccc1N1CCN(C)CC1)NCC.I. The molecular weight excluding hydrogens is 482 g/mol. The highest BCUT2D eigenvalue weighted by molar-refractivity contribution is 14.0. The Morgan fingerprint density at radius 1 is 1.11 bits per heavy atom. The summed E-state index contributed by atoms with van der Waals surface area (Å²) in [6.45, 7) is 9.06. The van der Waals surface area contributed by atoms with Gasteiger partial charge in [0.25, 0.3) is 0 Å². The first kappa shape index (κ1) is 24.8. The number of nitrogens with one attached hydrogen (secondary N) is 2. The molecule has 0 radical (unpaired) electrons. The van der Waals surface area contributed by atoms with E-state index in [0.29, 0.717) is 18.1 Å². The van der Waals surface area contributed by atoms with Crippen molar-refractivity contribution in [3.8, 4) is 0 Å². The summed E-state index contributed by atoms with van der Waals surface area (Å²) in [4.78, 5) is 8.87. The van der Waals surface area contributed by atoms with E-state index in [0.717, 1.165) is 44.8 Å². The normalized spacial score (nSPS) is 15.9. The molecule has 0 aromatic heterocycles. The fourth-order valence-corrected chi connectivity index (χ4v) is 2.99. The minimum absolute atomic E-state index is 0. The number of rotatable bonds is 6. The first-order valence-corrected chi connectivity index (χ1v) is 9.51. The summed E-state index contributed by atoms with van der Waals surface area (Å²) in [5, 5.41) is 6.32. The van der Waals surface area contributed by atoms with Crippen LogP contribution >= 0.6 is 24.0 Å². The van der Waals surface area contributed by atoms with Crippen LogP contribution in [0, 0.1) is 0 Å². The number of benzene rings is 1. The number of guanidine groups is 1. The topological polar surface area (TPSA) is 42.9 Å². The first-order valence-electron chi connectivity index (χ1n) is 9.51. The Morgan fingerprint density at radius 2 is 1.79 bits per heavy atom. The summed E-state index contributed by atoms with van der Waals surface area (Å²) >= 11 is 0. The number of anilines is 1. The van der Waals surface area contributed by atoms with Gasteiger partial charge in [0.1, 0.15) is 0 Å². The summed E-state index contributed by atoms with van der Waals surface area (Å²) < 4.78 is 39.6. The third-order valence-corrected chi connectivity index (χ3v) is 4.54. The first-order chi connectivity index (χ1) is 12.8. The second kappa shape index (κ2) is 11.7. The van der Waals surface area contributed by atoms with E-state index in [9.17, 15) is 13.2 Å². The fraction of sp³-hybridized carbons (Fsp3) is 0.632. The van der Waals surface area contributed by atoms with Gasteiger partial charge in [-0.25, -0.2) is 4.99 Å². The van der Waals surface area contributed by atoms with Crippen LogP contribution in [0.15, 0.2) is 23.2 Å². The van der Waals surface area contributed by atoms with Crippen LogP contribution in [0.2, 0.25) is 0 Å². The molecule has 2 N–H and O–H groups in total. The van der Waals surface area contributed by atoms with Gasteiger partial charge in [0.15, 0.2) is 5.96 Å². The second-order valence-electron chi connectivity index (χ2n) is 6.75. The highest BCUT2D eigenvalue weighted by Gasteiger charge is 2.31. The van der Waals surface area contributed by atoms with Gasteiger partial charge in [-0.05, 0) is 44.2 Å². The van der Waals surface area contributed by atoms with Crippen LogP contribution in [-0.2, 0) is 12.7 Å². The molecule has 5 nitrogen and oxygen atoms in total. The van der Waals surface area contributed by atoms with Crippen molar-refractivity contribution >= 4 is 35.6 Å². The van der Waals surface area contributed by atoms with Gasteiger partial charge in [-0.3, -0.25) is 0 Å². The smallest absolute Gasteiger partial charge is 0.369 e. The van der Waals surface area contributed by atoms with E-state index in [4.69, 9.17) is 0 Å². The molecule has 1 aliphatic rings. The zero-order valence-electron chi connectivity index (χ0n) is 16.8. The van der Waals surface area contributed by atoms with Crippen molar-refractivity contribution in [2.45, 2.75) is 33.0 Å². The van der Waals surface area contributed by atoms with Crippen LogP contribution in [0.25, 0.3) is 0 Å². The molecule has 0 saturated carbocycles. The quantitative estimate of drug-likeness (QED) is 0.347. The van der Waals surface area contributed by atoms with Crippen LogP contribution in [0.3, 0.4) is 0 Å². The van der Waals surface area contributed by atoms with Crippen molar-refractivity contribution in [1.82, 2.24) is 15.5 Å². The Labute approximate surface area is 182 Å². The van der Waals surface area contributed by atoms with Crippen LogP contribution in [0.5, 0.6) is 0 Å². The average Bonchev–Trinajstić information content (AvgIpc) is 2.64. The second-order valence-corrected chi connectivity index (χ2v) is 6.75. The molecule has 0 atom stereocenters. The molecule has 2 rings (SSSR count). The summed E-state index contributed by atoms with van der Waals surface area (Å²) in [6.07, 6.45) is -3.41. The molecule has 1 aliphatic heterocycles. The lowest BCUT2D eigenvalue weighted by Crippen LogP contribution is -2.44. The van der Waals surface area contributed by atoms with E-state index in [-0.39, 0.29) is 30.5 Å². The van der Waals surface area contributed by atoms with Gasteiger partial charge in [-0.15, -0.1) is 24.0 Å². The number of likely N-dealkylation sites (N-methyl/N-ethyl adjacent to an activating group) is 1. The molecule has 1 fully saturated rings.